The van der Waals surface area contributed by atoms with E-state index in [0.29, 0.717) is 5.25 Å². The first kappa shape index (κ1) is 23.9. The van der Waals surface area contributed by atoms with Crippen molar-refractivity contribution >= 4 is 104 Å². The topological polar surface area (TPSA) is 43.4 Å². The highest BCUT2D eigenvalue weighted by Gasteiger charge is 2.35. The van der Waals surface area contributed by atoms with Gasteiger partial charge in [-0.2, -0.15) is 8.42 Å². The van der Waals surface area contributed by atoms with E-state index >= 15 is 0 Å². The lowest BCUT2D eigenvalue weighted by atomic mass is 10.2. The summed E-state index contributed by atoms with van der Waals surface area (Å²) >= 11 is 15.5. The van der Waals surface area contributed by atoms with Crippen molar-refractivity contribution in [3.05, 3.63) is 55.3 Å². The van der Waals surface area contributed by atoms with Crippen molar-refractivity contribution in [3.8, 4) is 0 Å². The molecule has 31 heavy (non-hydrogen) atoms. The van der Waals surface area contributed by atoms with Gasteiger partial charge >= 0.3 is 0 Å². The Morgan fingerprint density at radius 3 is 2.06 bits per heavy atom. The summed E-state index contributed by atoms with van der Waals surface area (Å²) in [6.45, 7) is 2.16. The van der Waals surface area contributed by atoms with Crippen LogP contribution < -0.4 is 0 Å². The van der Waals surface area contributed by atoms with E-state index in [-0.39, 0.29) is 11.5 Å². The molecule has 4 heterocycles. The van der Waals surface area contributed by atoms with Gasteiger partial charge in [0.15, 0.2) is 0 Å². The molecule has 0 spiro atoms. The molecule has 3 nitrogen and oxygen atoms in total. The summed E-state index contributed by atoms with van der Waals surface area (Å²) in [7, 11) is -3.68. The van der Waals surface area contributed by atoms with Crippen molar-refractivity contribution in [2.75, 3.05) is 23.9 Å². The average molecular weight is 583 g/mol. The molecular formula is C19H18O3S9. The summed E-state index contributed by atoms with van der Waals surface area (Å²) in [5.41, 5.74) is 1.03. The third-order valence-electron chi connectivity index (χ3n) is 4.45. The molecule has 0 saturated carbocycles. The number of rotatable bonds is 5. The van der Waals surface area contributed by atoms with Gasteiger partial charge in [-0.05, 0) is 25.5 Å². The van der Waals surface area contributed by atoms with Gasteiger partial charge in [0.1, 0.15) is 0 Å². The van der Waals surface area contributed by atoms with Crippen molar-refractivity contribution in [2.24, 2.45) is 0 Å². The van der Waals surface area contributed by atoms with Crippen LogP contribution in [-0.4, -0.2) is 37.5 Å². The minimum atomic E-state index is -3.68. The zero-order valence-electron chi connectivity index (χ0n) is 16.3. The molecule has 0 fully saturated rings. The third-order valence-corrected chi connectivity index (χ3v) is 18.2. The lowest BCUT2D eigenvalue weighted by molar-refractivity contribution is 0.313. The highest BCUT2D eigenvalue weighted by molar-refractivity contribution is 8.45. The van der Waals surface area contributed by atoms with E-state index in [2.05, 4.69) is 0 Å². The van der Waals surface area contributed by atoms with Crippen LogP contribution in [0.4, 0.5) is 0 Å². The molecule has 166 valence electrons. The Bertz CT molecular complexity index is 1050. The fourth-order valence-electron chi connectivity index (χ4n) is 2.88. The van der Waals surface area contributed by atoms with Crippen molar-refractivity contribution in [2.45, 2.75) is 23.5 Å². The minimum Gasteiger partial charge on any atom is -0.266 e. The van der Waals surface area contributed by atoms with Crippen molar-refractivity contribution in [1.29, 1.82) is 0 Å². The summed E-state index contributed by atoms with van der Waals surface area (Å²) in [6.07, 6.45) is 0.725. The van der Waals surface area contributed by atoms with Gasteiger partial charge in [-0.3, -0.25) is 4.18 Å². The van der Waals surface area contributed by atoms with Crippen molar-refractivity contribution in [3.63, 3.8) is 0 Å². The summed E-state index contributed by atoms with van der Waals surface area (Å²) in [5, 5.41) is 0.371. The number of hydrogen-bond acceptors (Lipinski definition) is 11. The maximum atomic E-state index is 12.4. The Morgan fingerprint density at radius 1 is 0.839 bits per heavy atom. The van der Waals surface area contributed by atoms with Crippen molar-refractivity contribution < 1.29 is 12.6 Å². The minimum absolute atomic E-state index is 0.222. The van der Waals surface area contributed by atoms with Gasteiger partial charge in [0.25, 0.3) is 10.1 Å². The van der Waals surface area contributed by atoms with Crippen LogP contribution in [-0.2, 0) is 14.3 Å². The van der Waals surface area contributed by atoms with E-state index in [0.717, 1.165) is 17.7 Å². The number of hydrogen-bond donors (Lipinski definition) is 0. The highest BCUT2D eigenvalue weighted by atomic mass is 32.3. The second-order valence-corrected chi connectivity index (χ2v) is 18.6. The van der Waals surface area contributed by atoms with Gasteiger partial charge in [-0.1, -0.05) is 64.7 Å². The SMILES string of the molecule is Cc1ccc(S(=O)(=O)OCCC2CSC3=C(SC(=C4SC5=C(SCCS5)S4)S3)S2)cc1. The van der Waals surface area contributed by atoms with E-state index < -0.39 is 10.1 Å². The summed E-state index contributed by atoms with van der Waals surface area (Å²) in [5.74, 6) is 3.42. The van der Waals surface area contributed by atoms with E-state index in [4.69, 9.17) is 4.18 Å². The molecule has 4 aliphatic rings. The largest absolute Gasteiger partial charge is 0.296 e. The molecule has 12 heteroatoms. The Balaban J connectivity index is 1.14. The van der Waals surface area contributed by atoms with Crippen LogP contribution >= 0.6 is 94.1 Å². The second kappa shape index (κ2) is 10.4. The predicted molar refractivity (Wildman–Crippen MR) is 149 cm³/mol. The Morgan fingerprint density at radius 2 is 1.42 bits per heavy atom. The summed E-state index contributed by atoms with van der Waals surface area (Å²) < 4.78 is 38.7. The lowest BCUT2D eigenvalue weighted by Gasteiger charge is -2.21. The zero-order chi connectivity index (χ0) is 21.4. The van der Waals surface area contributed by atoms with Gasteiger partial charge in [-0.15, -0.1) is 47.0 Å². The van der Waals surface area contributed by atoms with Gasteiger partial charge in [0.2, 0.25) is 0 Å². The van der Waals surface area contributed by atoms with Gasteiger partial charge in [0, 0.05) is 22.5 Å². The maximum absolute atomic E-state index is 12.4. The van der Waals surface area contributed by atoms with E-state index in [1.165, 1.54) is 36.9 Å². The second-order valence-electron chi connectivity index (χ2n) is 6.76. The van der Waals surface area contributed by atoms with Crippen LogP contribution in [0, 0.1) is 6.92 Å². The molecular weight excluding hydrogens is 565 g/mol. The van der Waals surface area contributed by atoms with Crippen molar-refractivity contribution in [1.82, 2.24) is 0 Å². The van der Waals surface area contributed by atoms with Gasteiger partial charge in [0.05, 0.1) is 36.9 Å². The number of aryl methyl sites for hydroxylation is 1. The van der Waals surface area contributed by atoms with E-state index in [9.17, 15) is 8.42 Å². The Labute approximate surface area is 217 Å². The standard InChI is InChI=1S/C19H18O3S9/c1-11-2-4-13(5-3-11)31(20,21)22-7-6-12-10-25-16-17(26-12)30-19(29-16)18-27-14-15(28-18)24-9-8-23-14/h2-5,12H,6-10H2,1H3. The number of thioether (sulfide) groups is 8. The van der Waals surface area contributed by atoms with Crippen LogP contribution in [0.15, 0.2) is 54.6 Å². The molecule has 1 aromatic rings. The first-order valence-electron chi connectivity index (χ1n) is 9.43. The zero-order valence-corrected chi connectivity index (χ0v) is 23.7. The number of benzene rings is 1. The molecule has 1 aromatic carbocycles. The molecule has 1 unspecified atom stereocenters. The third kappa shape index (κ3) is 5.70. The maximum Gasteiger partial charge on any atom is 0.296 e. The normalized spacial score (nSPS) is 24.1. The first-order chi connectivity index (χ1) is 15.0. The predicted octanol–water partition coefficient (Wildman–Crippen LogP) is 7.76. The fraction of sp³-hybridized carbons (Fsp3) is 0.368. The fourth-order valence-corrected chi connectivity index (χ4v) is 16.4. The highest BCUT2D eigenvalue weighted by Crippen LogP contribution is 2.68. The molecule has 0 saturated heterocycles. The van der Waals surface area contributed by atoms with E-state index in [1.54, 1.807) is 24.3 Å². The van der Waals surface area contributed by atoms with Crippen LogP contribution in [0.1, 0.15) is 12.0 Å². The van der Waals surface area contributed by atoms with Gasteiger partial charge in [-0.25, -0.2) is 0 Å². The van der Waals surface area contributed by atoms with Crippen LogP contribution in [0.25, 0.3) is 0 Å². The quantitative estimate of drug-likeness (QED) is 0.320. The van der Waals surface area contributed by atoms with E-state index in [1.807, 2.05) is 101 Å². The summed E-state index contributed by atoms with van der Waals surface area (Å²) in [4.78, 5) is 0.229. The summed E-state index contributed by atoms with van der Waals surface area (Å²) in [6, 6.07) is 6.81. The molecule has 1 atom stereocenters. The molecule has 0 amide bonds. The molecule has 5 rings (SSSR count). The van der Waals surface area contributed by atoms with Crippen LogP contribution in [0.2, 0.25) is 0 Å². The monoisotopic (exact) mass is 582 g/mol. The lowest BCUT2D eigenvalue weighted by Crippen LogP contribution is -2.15. The smallest absolute Gasteiger partial charge is 0.266 e. The molecule has 4 aliphatic heterocycles. The van der Waals surface area contributed by atoms with Crippen LogP contribution in [0.3, 0.4) is 0 Å². The van der Waals surface area contributed by atoms with Crippen LogP contribution in [0.5, 0.6) is 0 Å². The average Bonchev–Trinajstić information content (AvgIpc) is 3.37. The van der Waals surface area contributed by atoms with Gasteiger partial charge < -0.3 is 0 Å². The Hall–Kier alpha value is 1.15. The molecule has 0 aromatic heterocycles. The molecule has 0 bridgehead atoms. The molecule has 0 N–H and O–H groups in total. The Kier molecular flexibility index (Phi) is 8.02. The molecule has 0 radical (unpaired) electrons. The molecule has 0 aliphatic carbocycles. The first-order valence-corrected chi connectivity index (χ1v) is 17.9.